The number of nitrogens with zero attached hydrogens (tertiary/aromatic N) is 1. The van der Waals surface area contributed by atoms with Crippen LogP contribution in [0.3, 0.4) is 0 Å². The van der Waals surface area contributed by atoms with Crippen LogP contribution in [0.15, 0.2) is 24.3 Å². The molecule has 1 aromatic heterocycles. The Morgan fingerprint density at radius 1 is 1.00 bits per heavy atom. The van der Waals surface area contributed by atoms with Gasteiger partial charge in [0.15, 0.2) is 0 Å². The van der Waals surface area contributed by atoms with Crippen LogP contribution in [0.1, 0.15) is 22.4 Å². The fourth-order valence-corrected chi connectivity index (χ4v) is 2.02. The molecule has 16 heavy (non-hydrogen) atoms. The highest BCUT2D eigenvalue weighted by Crippen LogP contribution is 2.25. The van der Waals surface area contributed by atoms with Crippen LogP contribution in [0.5, 0.6) is 0 Å². The lowest BCUT2D eigenvalue weighted by molar-refractivity contribution is 1.26. The van der Waals surface area contributed by atoms with Crippen LogP contribution in [0, 0.1) is 32.1 Å². The van der Waals surface area contributed by atoms with Crippen molar-refractivity contribution in [1.29, 1.82) is 5.26 Å². The van der Waals surface area contributed by atoms with E-state index in [0.29, 0.717) is 5.56 Å². The van der Waals surface area contributed by atoms with E-state index in [4.69, 9.17) is 5.26 Å². The Kier molecular flexibility index (Phi) is 2.54. The highest BCUT2D eigenvalue weighted by atomic mass is 14.7. The molecule has 0 saturated heterocycles. The van der Waals surface area contributed by atoms with Gasteiger partial charge in [-0.2, -0.15) is 5.26 Å². The van der Waals surface area contributed by atoms with E-state index in [2.05, 4.69) is 43.1 Å². The van der Waals surface area contributed by atoms with Crippen molar-refractivity contribution in [1.82, 2.24) is 4.98 Å². The Labute approximate surface area is 95.6 Å². The minimum Gasteiger partial charge on any atom is -0.358 e. The van der Waals surface area contributed by atoms with Crippen LogP contribution in [0.4, 0.5) is 0 Å². The summed E-state index contributed by atoms with van der Waals surface area (Å²) >= 11 is 0. The second-order valence-corrected chi connectivity index (χ2v) is 4.23. The van der Waals surface area contributed by atoms with E-state index >= 15 is 0 Å². The highest BCUT2D eigenvalue weighted by Gasteiger charge is 2.08. The molecule has 1 N–H and O–H groups in total. The first-order valence-electron chi connectivity index (χ1n) is 5.28. The van der Waals surface area contributed by atoms with Gasteiger partial charge in [-0.1, -0.05) is 17.2 Å². The fourth-order valence-electron chi connectivity index (χ4n) is 2.02. The van der Waals surface area contributed by atoms with Crippen LogP contribution in [-0.2, 0) is 0 Å². The summed E-state index contributed by atoms with van der Waals surface area (Å²) < 4.78 is 0. The molecular formula is C14H14N2. The lowest BCUT2D eigenvalue weighted by atomic mass is 10.0. The molecule has 1 aromatic carbocycles. The largest absolute Gasteiger partial charge is 0.358 e. The summed E-state index contributed by atoms with van der Waals surface area (Å²) in [7, 11) is 0. The number of aromatic nitrogens is 1. The second-order valence-electron chi connectivity index (χ2n) is 4.23. The first-order chi connectivity index (χ1) is 7.60. The zero-order chi connectivity index (χ0) is 11.7. The predicted octanol–water partition coefficient (Wildman–Crippen LogP) is 3.48. The van der Waals surface area contributed by atoms with Crippen molar-refractivity contribution in [3.63, 3.8) is 0 Å². The van der Waals surface area contributed by atoms with Gasteiger partial charge in [-0.25, -0.2) is 0 Å². The lowest BCUT2D eigenvalue weighted by Crippen LogP contribution is -1.85. The number of nitrogens with one attached hydrogen (secondary N) is 1. The molecule has 0 bridgehead atoms. The highest BCUT2D eigenvalue weighted by molar-refractivity contribution is 5.69. The summed E-state index contributed by atoms with van der Waals surface area (Å²) in [5.74, 6) is 0. The van der Waals surface area contributed by atoms with Crippen molar-refractivity contribution in [3.05, 3.63) is 46.6 Å². The Bertz CT molecular complexity index is 551. The molecule has 0 aliphatic rings. The number of nitriles is 1. The zero-order valence-electron chi connectivity index (χ0n) is 9.76. The van der Waals surface area contributed by atoms with Gasteiger partial charge in [0.1, 0.15) is 6.07 Å². The molecule has 80 valence electrons. The van der Waals surface area contributed by atoms with Gasteiger partial charge in [0, 0.05) is 5.69 Å². The molecule has 0 spiro atoms. The van der Waals surface area contributed by atoms with Crippen molar-refractivity contribution in [3.8, 4) is 17.3 Å². The predicted molar refractivity (Wildman–Crippen MR) is 65.2 cm³/mol. The number of H-pyrrole nitrogens is 1. The zero-order valence-corrected chi connectivity index (χ0v) is 9.76. The molecule has 2 nitrogen and oxygen atoms in total. The average molecular weight is 210 g/mol. The van der Waals surface area contributed by atoms with Crippen molar-refractivity contribution >= 4 is 0 Å². The van der Waals surface area contributed by atoms with E-state index in [1.54, 1.807) is 0 Å². The van der Waals surface area contributed by atoms with Gasteiger partial charge in [-0.05, 0) is 44.5 Å². The van der Waals surface area contributed by atoms with E-state index in [-0.39, 0.29) is 0 Å². The third-order valence-electron chi connectivity index (χ3n) is 2.58. The molecule has 1 heterocycles. The standard InChI is InChI=1S/C14H14N2/c1-9-4-10(2)6-12(5-9)14-13(8-15)7-11(3)16-14/h4-7,16H,1-3H3. The number of aryl methyl sites for hydroxylation is 3. The molecule has 2 rings (SSSR count). The Hall–Kier alpha value is -2.01. The molecule has 0 aliphatic heterocycles. The number of hydrogen-bond donors (Lipinski definition) is 1. The van der Waals surface area contributed by atoms with E-state index in [1.165, 1.54) is 11.1 Å². The summed E-state index contributed by atoms with van der Waals surface area (Å²) in [6, 6.07) is 10.4. The van der Waals surface area contributed by atoms with Crippen molar-refractivity contribution < 1.29 is 0 Å². The van der Waals surface area contributed by atoms with Gasteiger partial charge in [0.25, 0.3) is 0 Å². The minimum absolute atomic E-state index is 0.711. The van der Waals surface area contributed by atoms with Gasteiger partial charge in [-0.15, -0.1) is 0 Å². The van der Waals surface area contributed by atoms with Crippen LogP contribution >= 0.6 is 0 Å². The van der Waals surface area contributed by atoms with Gasteiger partial charge >= 0.3 is 0 Å². The summed E-state index contributed by atoms with van der Waals surface area (Å²) in [6.07, 6.45) is 0. The molecule has 2 aromatic rings. The number of hydrogen-bond acceptors (Lipinski definition) is 1. The maximum Gasteiger partial charge on any atom is 0.101 e. The lowest BCUT2D eigenvalue weighted by Gasteiger charge is -2.03. The number of benzene rings is 1. The molecule has 0 amide bonds. The van der Waals surface area contributed by atoms with Gasteiger partial charge in [-0.3, -0.25) is 0 Å². The van der Waals surface area contributed by atoms with Crippen molar-refractivity contribution in [2.24, 2.45) is 0 Å². The third-order valence-corrected chi connectivity index (χ3v) is 2.58. The fraction of sp³-hybridized carbons (Fsp3) is 0.214. The molecule has 0 radical (unpaired) electrons. The molecule has 0 unspecified atom stereocenters. The summed E-state index contributed by atoms with van der Waals surface area (Å²) in [5.41, 5.74) is 6.17. The maximum absolute atomic E-state index is 9.06. The van der Waals surface area contributed by atoms with Crippen LogP contribution in [0.2, 0.25) is 0 Å². The van der Waals surface area contributed by atoms with Crippen LogP contribution in [0.25, 0.3) is 11.3 Å². The monoisotopic (exact) mass is 210 g/mol. The van der Waals surface area contributed by atoms with Gasteiger partial charge in [0.05, 0.1) is 11.3 Å². The first kappa shape index (κ1) is 10.5. The van der Waals surface area contributed by atoms with E-state index in [1.807, 2.05) is 13.0 Å². The van der Waals surface area contributed by atoms with E-state index in [9.17, 15) is 0 Å². The van der Waals surface area contributed by atoms with Crippen molar-refractivity contribution in [2.45, 2.75) is 20.8 Å². The number of aromatic amines is 1. The Morgan fingerprint density at radius 3 is 2.19 bits per heavy atom. The normalized spacial score (nSPS) is 10.1. The molecule has 0 saturated carbocycles. The number of rotatable bonds is 1. The molecule has 2 heteroatoms. The molecule has 0 fully saturated rings. The summed E-state index contributed by atoms with van der Waals surface area (Å²) in [4.78, 5) is 3.24. The van der Waals surface area contributed by atoms with Crippen LogP contribution < -0.4 is 0 Å². The summed E-state index contributed by atoms with van der Waals surface area (Å²) in [5, 5.41) is 9.06. The first-order valence-corrected chi connectivity index (χ1v) is 5.28. The molecule has 0 atom stereocenters. The third kappa shape index (κ3) is 1.85. The van der Waals surface area contributed by atoms with Gasteiger partial charge < -0.3 is 4.98 Å². The quantitative estimate of drug-likeness (QED) is 0.769. The Balaban J connectivity index is 2.63. The SMILES string of the molecule is Cc1cc(C)cc(-c2[nH]c(C)cc2C#N)c1. The van der Waals surface area contributed by atoms with Crippen molar-refractivity contribution in [2.75, 3.05) is 0 Å². The summed E-state index contributed by atoms with van der Waals surface area (Å²) in [6.45, 7) is 6.10. The molecular weight excluding hydrogens is 196 g/mol. The topological polar surface area (TPSA) is 39.6 Å². The van der Waals surface area contributed by atoms with E-state index in [0.717, 1.165) is 17.0 Å². The average Bonchev–Trinajstić information content (AvgIpc) is 2.58. The van der Waals surface area contributed by atoms with Gasteiger partial charge in [0.2, 0.25) is 0 Å². The second kappa shape index (κ2) is 3.86. The maximum atomic E-state index is 9.06. The van der Waals surface area contributed by atoms with Crippen LogP contribution in [-0.4, -0.2) is 4.98 Å². The van der Waals surface area contributed by atoms with E-state index < -0.39 is 0 Å². The Morgan fingerprint density at radius 2 is 1.62 bits per heavy atom. The minimum atomic E-state index is 0.711. The molecule has 0 aliphatic carbocycles. The smallest absolute Gasteiger partial charge is 0.101 e.